The molecule has 3 rings (SSSR count). The number of benzene rings is 1. The van der Waals surface area contributed by atoms with Crippen molar-refractivity contribution in [3.8, 4) is 6.07 Å². The smallest absolute Gasteiger partial charge is 0.142 e. The number of imidazole rings is 1. The first-order valence-corrected chi connectivity index (χ1v) is 7.84. The van der Waals surface area contributed by atoms with Crippen LogP contribution in [0.3, 0.4) is 0 Å². The lowest BCUT2D eigenvalue weighted by molar-refractivity contribution is 0.212. The van der Waals surface area contributed by atoms with E-state index < -0.39 is 0 Å². The number of hydrazone groups is 1. The Labute approximate surface area is 140 Å². The van der Waals surface area contributed by atoms with Gasteiger partial charge in [0.2, 0.25) is 0 Å². The van der Waals surface area contributed by atoms with Crippen LogP contribution in [0.4, 0.5) is 4.39 Å². The lowest BCUT2D eigenvalue weighted by atomic mass is 10.1. The van der Waals surface area contributed by atoms with Gasteiger partial charge in [0.1, 0.15) is 29.6 Å². The molecule has 5 nitrogen and oxygen atoms in total. The average molecular weight is 323 g/mol. The second-order valence-corrected chi connectivity index (χ2v) is 5.61. The molecule has 2 aromatic rings. The van der Waals surface area contributed by atoms with Crippen molar-refractivity contribution in [3.05, 3.63) is 59.4 Å². The molecule has 0 saturated heterocycles. The van der Waals surface area contributed by atoms with Crippen molar-refractivity contribution in [2.45, 2.75) is 25.9 Å². The molecule has 0 amide bonds. The normalized spacial score (nSPS) is 17.3. The van der Waals surface area contributed by atoms with Crippen LogP contribution in [0.2, 0.25) is 0 Å². The summed E-state index contributed by atoms with van der Waals surface area (Å²) in [5, 5.41) is 15.8. The van der Waals surface area contributed by atoms with E-state index in [-0.39, 0.29) is 12.0 Å². The Morgan fingerprint density at radius 2 is 2.12 bits per heavy atom. The van der Waals surface area contributed by atoms with Crippen molar-refractivity contribution in [3.63, 3.8) is 0 Å². The van der Waals surface area contributed by atoms with Gasteiger partial charge in [-0.2, -0.15) is 10.4 Å². The fourth-order valence-electron chi connectivity index (χ4n) is 2.80. The number of halogens is 1. The molecule has 0 fully saturated rings. The van der Waals surface area contributed by atoms with Gasteiger partial charge >= 0.3 is 0 Å². The molecule has 1 unspecified atom stereocenters. The first-order valence-electron chi connectivity index (χ1n) is 7.84. The van der Waals surface area contributed by atoms with Crippen molar-refractivity contribution in [1.29, 1.82) is 5.26 Å². The Kier molecular flexibility index (Phi) is 4.43. The molecule has 0 bridgehead atoms. The summed E-state index contributed by atoms with van der Waals surface area (Å²) in [5.41, 5.74) is 2.25. The zero-order valence-corrected chi connectivity index (χ0v) is 13.6. The third-order valence-electron chi connectivity index (χ3n) is 4.00. The maximum absolute atomic E-state index is 13.1. The Morgan fingerprint density at radius 3 is 2.79 bits per heavy atom. The van der Waals surface area contributed by atoms with Crippen LogP contribution in [0.5, 0.6) is 0 Å². The fraction of sp³-hybridized carbons (Fsp3) is 0.278. The number of hydrogen-bond acceptors (Lipinski definition) is 4. The Morgan fingerprint density at radius 1 is 1.38 bits per heavy atom. The average Bonchev–Trinajstić information content (AvgIpc) is 3.16. The van der Waals surface area contributed by atoms with Crippen LogP contribution in [-0.2, 0) is 0 Å². The number of rotatable bonds is 4. The molecule has 1 aliphatic heterocycles. The van der Waals surface area contributed by atoms with Crippen molar-refractivity contribution < 1.29 is 4.39 Å². The van der Waals surface area contributed by atoms with E-state index in [2.05, 4.69) is 16.2 Å². The number of allylic oxidation sites excluding steroid dienone is 1. The van der Waals surface area contributed by atoms with Crippen LogP contribution in [0.15, 0.2) is 41.6 Å². The van der Waals surface area contributed by atoms with Gasteiger partial charge in [0, 0.05) is 13.5 Å². The Hall–Kier alpha value is -2.94. The molecule has 1 aromatic carbocycles. The van der Waals surface area contributed by atoms with Crippen LogP contribution in [0, 0.1) is 17.1 Å². The molecule has 1 atom stereocenters. The summed E-state index contributed by atoms with van der Waals surface area (Å²) < 4.78 is 15.0. The molecule has 0 radical (unpaired) electrons. The number of hydrogen-bond donors (Lipinski definition) is 0. The number of nitrogens with zero attached hydrogens (tertiary/aromatic N) is 5. The highest BCUT2D eigenvalue weighted by molar-refractivity contribution is 6.01. The summed E-state index contributed by atoms with van der Waals surface area (Å²) in [6.07, 6.45) is 6.91. The summed E-state index contributed by atoms with van der Waals surface area (Å²) >= 11 is 0. The van der Waals surface area contributed by atoms with Crippen molar-refractivity contribution in [1.82, 2.24) is 14.6 Å². The molecule has 6 heteroatoms. The SMILES string of the molecule is CC/C=C\c1ncc(C#N)n1C1CC(c2ccc(F)cc2)=NN1C. The first kappa shape index (κ1) is 15.9. The van der Waals surface area contributed by atoms with Crippen LogP contribution in [0.1, 0.15) is 43.0 Å². The molecular formula is C18H18FN5. The summed E-state index contributed by atoms with van der Waals surface area (Å²) in [6, 6.07) is 8.50. The molecule has 0 saturated carbocycles. The van der Waals surface area contributed by atoms with E-state index in [0.717, 1.165) is 23.5 Å². The zero-order chi connectivity index (χ0) is 17.1. The quantitative estimate of drug-likeness (QED) is 0.864. The van der Waals surface area contributed by atoms with Crippen molar-refractivity contribution in [2.24, 2.45) is 5.10 Å². The van der Waals surface area contributed by atoms with Gasteiger partial charge in [0.25, 0.3) is 0 Å². The highest BCUT2D eigenvalue weighted by Crippen LogP contribution is 2.29. The van der Waals surface area contributed by atoms with Gasteiger partial charge in [0.15, 0.2) is 0 Å². The first-order chi connectivity index (χ1) is 11.6. The highest BCUT2D eigenvalue weighted by Gasteiger charge is 2.29. The van der Waals surface area contributed by atoms with Crippen LogP contribution < -0.4 is 0 Å². The number of nitriles is 1. The molecule has 1 aromatic heterocycles. The van der Waals surface area contributed by atoms with Gasteiger partial charge in [-0.25, -0.2) is 9.37 Å². The molecule has 0 N–H and O–H groups in total. The van der Waals surface area contributed by atoms with E-state index in [0.29, 0.717) is 12.1 Å². The van der Waals surface area contributed by atoms with E-state index in [9.17, 15) is 9.65 Å². The summed E-state index contributed by atoms with van der Waals surface area (Å²) in [5.74, 6) is 0.469. The fourth-order valence-corrected chi connectivity index (χ4v) is 2.80. The van der Waals surface area contributed by atoms with Gasteiger partial charge in [-0.3, -0.25) is 9.58 Å². The third kappa shape index (κ3) is 2.93. The monoisotopic (exact) mass is 323 g/mol. The lowest BCUT2D eigenvalue weighted by Crippen LogP contribution is -2.23. The Balaban J connectivity index is 1.92. The predicted octanol–water partition coefficient (Wildman–Crippen LogP) is 3.56. The van der Waals surface area contributed by atoms with Crippen LogP contribution in [0.25, 0.3) is 6.08 Å². The largest absolute Gasteiger partial charge is 0.293 e. The van der Waals surface area contributed by atoms with E-state index in [1.165, 1.54) is 12.1 Å². The minimum Gasteiger partial charge on any atom is -0.293 e. The van der Waals surface area contributed by atoms with Gasteiger partial charge in [0.05, 0.1) is 11.9 Å². The second-order valence-electron chi connectivity index (χ2n) is 5.61. The van der Waals surface area contributed by atoms with E-state index in [1.807, 2.05) is 35.7 Å². The predicted molar refractivity (Wildman–Crippen MR) is 90.6 cm³/mol. The Bertz CT molecular complexity index is 826. The van der Waals surface area contributed by atoms with Crippen LogP contribution >= 0.6 is 0 Å². The molecular weight excluding hydrogens is 305 g/mol. The third-order valence-corrected chi connectivity index (χ3v) is 4.00. The highest BCUT2D eigenvalue weighted by atomic mass is 19.1. The maximum atomic E-state index is 13.1. The lowest BCUT2D eigenvalue weighted by Gasteiger charge is -2.22. The minimum absolute atomic E-state index is 0.126. The topological polar surface area (TPSA) is 57.2 Å². The maximum Gasteiger partial charge on any atom is 0.142 e. The number of aromatic nitrogens is 2. The van der Waals surface area contributed by atoms with Crippen LogP contribution in [-0.4, -0.2) is 27.3 Å². The van der Waals surface area contributed by atoms with E-state index >= 15 is 0 Å². The van der Waals surface area contributed by atoms with Gasteiger partial charge in [-0.05, 0) is 30.2 Å². The van der Waals surface area contributed by atoms with Crippen molar-refractivity contribution >= 4 is 11.8 Å². The minimum atomic E-state index is -0.268. The van der Waals surface area contributed by atoms with E-state index in [4.69, 9.17) is 0 Å². The van der Waals surface area contributed by atoms with Crippen molar-refractivity contribution in [2.75, 3.05) is 7.05 Å². The van der Waals surface area contributed by atoms with Gasteiger partial charge in [-0.1, -0.05) is 25.1 Å². The molecule has 0 aliphatic carbocycles. The van der Waals surface area contributed by atoms with E-state index in [1.54, 1.807) is 18.3 Å². The summed E-state index contributed by atoms with van der Waals surface area (Å²) in [4.78, 5) is 4.34. The molecule has 122 valence electrons. The summed E-state index contributed by atoms with van der Waals surface area (Å²) in [7, 11) is 1.87. The van der Waals surface area contributed by atoms with Gasteiger partial charge < -0.3 is 0 Å². The zero-order valence-electron chi connectivity index (χ0n) is 13.6. The molecule has 0 spiro atoms. The molecule has 1 aliphatic rings. The van der Waals surface area contributed by atoms with Gasteiger partial charge in [-0.15, -0.1) is 0 Å². The molecule has 24 heavy (non-hydrogen) atoms. The second kappa shape index (κ2) is 6.67. The summed E-state index contributed by atoms with van der Waals surface area (Å²) in [6.45, 7) is 2.05. The molecule has 2 heterocycles. The standard InChI is InChI=1S/C18H18FN5/c1-3-4-5-17-21-12-15(11-20)24(17)18-10-16(22-23(18)2)13-6-8-14(19)9-7-13/h4-9,12,18H,3,10H2,1-2H3/b5-4-.